The smallest absolute Gasteiger partial charge is 0.0847 e. The van der Waals surface area contributed by atoms with E-state index in [1.807, 2.05) is 18.7 Å². The standard InChI is InChI=1S/C12H18Cl2N2/c1-8-12(14)11(16(2)15-8)7-9-4-3-5-10(13)6-9/h9-10H,3-7H2,1-2H3. The van der Waals surface area contributed by atoms with E-state index in [4.69, 9.17) is 23.2 Å². The van der Waals surface area contributed by atoms with Gasteiger partial charge < -0.3 is 0 Å². The van der Waals surface area contributed by atoms with Crippen LogP contribution in [0, 0.1) is 12.8 Å². The molecule has 2 unspecified atom stereocenters. The lowest BCUT2D eigenvalue weighted by Crippen LogP contribution is -2.18. The second-order valence-corrected chi connectivity index (χ2v) is 5.80. The second kappa shape index (κ2) is 4.97. The van der Waals surface area contributed by atoms with Crippen molar-refractivity contribution in [1.82, 2.24) is 9.78 Å². The highest BCUT2D eigenvalue weighted by Gasteiger charge is 2.23. The van der Waals surface area contributed by atoms with Crippen LogP contribution < -0.4 is 0 Å². The first-order valence-electron chi connectivity index (χ1n) is 5.90. The Morgan fingerprint density at radius 1 is 1.44 bits per heavy atom. The van der Waals surface area contributed by atoms with Crippen LogP contribution >= 0.6 is 23.2 Å². The lowest BCUT2D eigenvalue weighted by molar-refractivity contribution is 0.355. The maximum atomic E-state index is 6.25. The van der Waals surface area contributed by atoms with E-state index in [0.29, 0.717) is 11.3 Å². The Morgan fingerprint density at radius 3 is 2.75 bits per heavy atom. The van der Waals surface area contributed by atoms with Gasteiger partial charge in [-0.25, -0.2) is 0 Å². The molecular formula is C12H18Cl2N2. The van der Waals surface area contributed by atoms with Gasteiger partial charge in [0.15, 0.2) is 0 Å². The molecule has 2 nitrogen and oxygen atoms in total. The van der Waals surface area contributed by atoms with Gasteiger partial charge in [-0.15, -0.1) is 11.6 Å². The monoisotopic (exact) mass is 260 g/mol. The van der Waals surface area contributed by atoms with Crippen LogP contribution in [0.4, 0.5) is 0 Å². The average molecular weight is 261 g/mol. The highest BCUT2D eigenvalue weighted by Crippen LogP contribution is 2.32. The van der Waals surface area contributed by atoms with Crippen LogP contribution in [0.5, 0.6) is 0 Å². The van der Waals surface area contributed by atoms with Gasteiger partial charge in [-0.2, -0.15) is 5.10 Å². The van der Waals surface area contributed by atoms with Gasteiger partial charge in [-0.1, -0.05) is 18.0 Å². The van der Waals surface area contributed by atoms with Gasteiger partial charge in [-0.3, -0.25) is 4.68 Å². The SMILES string of the molecule is Cc1nn(C)c(CC2CCCC(Cl)C2)c1Cl. The van der Waals surface area contributed by atoms with Crippen molar-refractivity contribution in [2.45, 2.75) is 44.4 Å². The van der Waals surface area contributed by atoms with E-state index in [9.17, 15) is 0 Å². The van der Waals surface area contributed by atoms with E-state index < -0.39 is 0 Å². The molecule has 1 heterocycles. The molecule has 0 radical (unpaired) electrons. The fraction of sp³-hybridized carbons (Fsp3) is 0.750. The maximum absolute atomic E-state index is 6.25. The predicted octanol–water partition coefficient (Wildman–Crippen LogP) is 3.72. The van der Waals surface area contributed by atoms with Crippen LogP contribution in [-0.2, 0) is 13.5 Å². The van der Waals surface area contributed by atoms with E-state index >= 15 is 0 Å². The zero-order chi connectivity index (χ0) is 11.7. The Kier molecular flexibility index (Phi) is 3.81. The summed E-state index contributed by atoms with van der Waals surface area (Å²) in [5.41, 5.74) is 2.09. The van der Waals surface area contributed by atoms with E-state index in [-0.39, 0.29) is 0 Å². The molecule has 4 heteroatoms. The summed E-state index contributed by atoms with van der Waals surface area (Å²) >= 11 is 12.5. The number of aromatic nitrogens is 2. The number of rotatable bonds is 2. The molecule has 2 atom stereocenters. The van der Waals surface area contributed by atoms with Crippen LogP contribution in [0.2, 0.25) is 5.02 Å². The number of hydrogen-bond acceptors (Lipinski definition) is 1. The molecule has 1 fully saturated rings. The highest BCUT2D eigenvalue weighted by atomic mass is 35.5. The van der Waals surface area contributed by atoms with Crippen molar-refractivity contribution < 1.29 is 0 Å². The van der Waals surface area contributed by atoms with E-state index in [1.54, 1.807) is 0 Å². The normalized spacial score (nSPS) is 26.0. The van der Waals surface area contributed by atoms with Crippen LogP contribution in [0.1, 0.15) is 37.1 Å². The summed E-state index contributed by atoms with van der Waals surface area (Å²) in [5.74, 6) is 0.670. The molecule has 2 rings (SSSR count). The molecule has 1 aromatic heterocycles. The first-order valence-corrected chi connectivity index (χ1v) is 6.71. The first-order chi connectivity index (χ1) is 7.58. The van der Waals surface area contributed by atoms with Gasteiger partial charge in [0.05, 0.1) is 16.4 Å². The summed E-state index contributed by atoms with van der Waals surface area (Å²) in [6, 6.07) is 0. The van der Waals surface area contributed by atoms with Crippen molar-refractivity contribution in [3.05, 3.63) is 16.4 Å². The van der Waals surface area contributed by atoms with Crippen LogP contribution in [0.3, 0.4) is 0 Å². The Labute approximate surface area is 107 Å². The van der Waals surface area contributed by atoms with Crippen molar-refractivity contribution in [3.8, 4) is 0 Å². The zero-order valence-electron chi connectivity index (χ0n) is 9.84. The third kappa shape index (κ3) is 2.54. The molecule has 1 aromatic rings. The molecule has 0 aliphatic heterocycles. The highest BCUT2D eigenvalue weighted by molar-refractivity contribution is 6.31. The third-order valence-electron chi connectivity index (χ3n) is 3.46. The summed E-state index contributed by atoms with van der Waals surface area (Å²) in [6.45, 7) is 1.96. The molecule has 0 amide bonds. The molecule has 1 aliphatic carbocycles. The summed E-state index contributed by atoms with van der Waals surface area (Å²) < 4.78 is 1.91. The first kappa shape index (κ1) is 12.3. The summed E-state index contributed by atoms with van der Waals surface area (Å²) in [6.07, 6.45) is 5.80. The molecular weight excluding hydrogens is 243 g/mol. The Morgan fingerprint density at radius 2 is 2.19 bits per heavy atom. The molecule has 0 saturated heterocycles. The van der Waals surface area contributed by atoms with Crippen molar-refractivity contribution >= 4 is 23.2 Å². The van der Waals surface area contributed by atoms with Gasteiger partial charge in [0.25, 0.3) is 0 Å². The molecule has 0 spiro atoms. The molecule has 1 aliphatic rings. The quantitative estimate of drug-likeness (QED) is 0.742. The molecule has 0 aromatic carbocycles. The number of halogens is 2. The Balaban J connectivity index is 2.08. The molecule has 16 heavy (non-hydrogen) atoms. The van der Waals surface area contributed by atoms with Crippen LogP contribution in [0.15, 0.2) is 0 Å². The third-order valence-corrected chi connectivity index (χ3v) is 4.35. The second-order valence-electron chi connectivity index (χ2n) is 4.80. The fourth-order valence-electron chi connectivity index (χ4n) is 2.59. The van der Waals surface area contributed by atoms with Crippen molar-refractivity contribution in [3.63, 3.8) is 0 Å². The minimum atomic E-state index is 0.354. The lowest BCUT2D eigenvalue weighted by atomic mass is 9.86. The summed E-state index contributed by atoms with van der Waals surface area (Å²) in [4.78, 5) is 0. The van der Waals surface area contributed by atoms with Gasteiger partial charge >= 0.3 is 0 Å². The Bertz CT molecular complexity index is 373. The lowest BCUT2D eigenvalue weighted by Gasteiger charge is -2.25. The molecule has 0 N–H and O–H groups in total. The Hall–Kier alpha value is -0.210. The number of hydrogen-bond donors (Lipinski definition) is 0. The number of alkyl halides is 1. The van der Waals surface area contributed by atoms with Gasteiger partial charge in [0.1, 0.15) is 0 Å². The van der Waals surface area contributed by atoms with Gasteiger partial charge in [0, 0.05) is 12.4 Å². The van der Waals surface area contributed by atoms with Gasteiger partial charge in [-0.05, 0) is 38.5 Å². The largest absolute Gasteiger partial charge is 0.271 e. The topological polar surface area (TPSA) is 17.8 Å². The zero-order valence-corrected chi connectivity index (χ0v) is 11.4. The number of aryl methyl sites for hydroxylation is 2. The van der Waals surface area contributed by atoms with Crippen LogP contribution in [-0.4, -0.2) is 15.2 Å². The van der Waals surface area contributed by atoms with Crippen molar-refractivity contribution in [1.29, 1.82) is 0 Å². The maximum Gasteiger partial charge on any atom is 0.0847 e. The van der Waals surface area contributed by atoms with E-state index in [2.05, 4.69) is 5.10 Å². The minimum Gasteiger partial charge on any atom is -0.271 e. The van der Waals surface area contributed by atoms with Crippen molar-refractivity contribution in [2.75, 3.05) is 0 Å². The molecule has 0 bridgehead atoms. The average Bonchev–Trinajstić information content (AvgIpc) is 2.45. The van der Waals surface area contributed by atoms with Gasteiger partial charge in [0.2, 0.25) is 0 Å². The molecule has 1 saturated carbocycles. The van der Waals surface area contributed by atoms with E-state index in [1.165, 1.54) is 12.8 Å². The van der Waals surface area contributed by atoms with Crippen LogP contribution in [0.25, 0.3) is 0 Å². The fourth-order valence-corrected chi connectivity index (χ4v) is 3.23. The number of nitrogens with zero attached hydrogens (tertiary/aromatic N) is 2. The summed E-state index contributed by atoms with van der Waals surface area (Å²) in [7, 11) is 1.97. The molecule has 90 valence electrons. The van der Waals surface area contributed by atoms with E-state index in [0.717, 1.165) is 35.7 Å². The summed E-state index contributed by atoms with van der Waals surface area (Å²) in [5, 5.41) is 5.53. The minimum absolute atomic E-state index is 0.354. The predicted molar refractivity (Wildman–Crippen MR) is 68.3 cm³/mol. The van der Waals surface area contributed by atoms with Crippen molar-refractivity contribution in [2.24, 2.45) is 13.0 Å².